The SMILES string of the molecule is COc1ccccc1C(=O)NCCCc1nc2ccccc2n1CCCCOc1cccc(C)c1C. The summed E-state index contributed by atoms with van der Waals surface area (Å²) < 4.78 is 13.6. The van der Waals surface area contributed by atoms with E-state index in [1.54, 1.807) is 19.2 Å². The van der Waals surface area contributed by atoms with Gasteiger partial charge in [-0.25, -0.2) is 4.98 Å². The van der Waals surface area contributed by atoms with Crippen LogP contribution in [0.15, 0.2) is 66.7 Å². The van der Waals surface area contributed by atoms with Crippen molar-refractivity contribution in [3.63, 3.8) is 0 Å². The van der Waals surface area contributed by atoms with Crippen molar-refractivity contribution in [3.8, 4) is 11.5 Å². The van der Waals surface area contributed by atoms with Gasteiger partial charge < -0.3 is 19.4 Å². The van der Waals surface area contributed by atoms with Crippen LogP contribution in [0.3, 0.4) is 0 Å². The standard InChI is InChI=1S/C30H35N3O3/c1-22-12-10-17-27(23(22)2)36-21-9-8-20-33-26-15-6-5-14-25(26)32-29(33)18-11-19-31-30(34)24-13-4-7-16-28(24)35-3/h4-7,10,12-17H,8-9,11,18-21H2,1-3H3,(H,31,34). The molecule has 0 unspecified atom stereocenters. The lowest BCUT2D eigenvalue weighted by Crippen LogP contribution is -2.25. The number of imidazole rings is 1. The van der Waals surface area contributed by atoms with Crippen LogP contribution in [-0.2, 0) is 13.0 Å². The van der Waals surface area contributed by atoms with Crippen LogP contribution in [-0.4, -0.2) is 35.7 Å². The summed E-state index contributed by atoms with van der Waals surface area (Å²) in [7, 11) is 1.58. The van der Waals surface area contributed by atoms with E-state index in [1.165, 1.54) is 11.1 Å². The summed E-state index contributed by atoms with van der Waals surface area (Å²) in [5.74, 6) is 2.49. The number of benzene rings is 3. The van der Waals surface area contributed by atoms with Gasteiger partial charge in [0.05, 0.1) is 30.3 Å². The van der Waals surface area contributed by atoms with E-state index in [4.69, 9.17) is 14.5 Å². The van der Waals surface area contributed by atoms with Gasteiger partial charge in [0.2, 0.25) is 0 Å². The highest BCUT2D eigenvalue weighted by Crippen LogP contribution is 2.22. The molecule has 0 fully saturated rings. The van der Waals surface area contributed by atoms with Crippen molar-refractivity contribution >= 4 is 16.9 Å². The third kappa shape index (κ3) is 6.06. The molecule has 0 saturated carbocycles. The fraction of sp³-hybridized carbons (Fsp3) is 0.333. The van der Waals surface area contributed by atoms with Crippen molar-refractivity contribution < 1.29 is 14.3 Å². The van der Waals surface area contributed by atoms with Crippen molar-refractivity contribution in [1.82, 2.24) is 14.9 Å². The molecule has 4 aromatic rings. The summed E-state index contributed by atoms with van der Waals surface area (Å²) >= 11 is 0. The smallest absolute Gasteiger partial charge is 0.255 e. The number of methoxy groups -OCH3 is 1. The van der Waals surface area contributed by atoms with Crippen LogP contribution in [0.5, 0.6) is 11.5 Å². The van der Waals surface area contributed by atoms with Gasteiger partial charge in [-0.3, -0.25) is 4.79 Å². The number of hydrogen-bond acceptors (Lipinski definition) is 4. The summed E-state index contributed by atoms with van der Waals surface area (Å²) in [5.41, 5.74) is 5.17. The second kappa shape index (κ2) is 12.2. The molecule has 1 amide bonds. The molecular weight excluding hydrogens is 450 g/mol. The van der Waals surface area contributed by atoms with E-state index in [9.17, 15) is 4.79 Å². The Labute approximate surface area is 213 Å². The maximum atomic E-state index is 12.6. The Morgan fingerprint density at radius 3 is 2.56 bits per heavy atom. The molecule has 0 bridgehead atoms. The second-order valence-corrected chi connectivity index (χ2v) is 8.98. The van der Waals surface area contributed by atoms with E-state index >= 15 is 0 Å². The molecule has 1 heterocycles. The molecule has 1 N–H and O–H groups in total. The summed E-state index contributed by atoms with van der Waals surface area (Å²) in [6.45, 7) is 6.37. The van der Waals surface area contributed by atoms with Gasteiger partial charge in [0.15, 0.2) is 0 Å². The number of unbranched alkanes of at least 4 members (excludes halogenated alkanes) is 1. The molecule has 0 aliphatic heterocycles. The van der Waals surface area contributed by atoms with Gasteiger partial charge in [0, 0.05) is 19.5 Å². The lowest BCUT2D eigenvalue weighted by Gasteiger charge is -2.12. The summed E-state index contributed by atoms with van der Waals surface area (Å²) in [6, 6.07) is 21.7. The van der Waals surface area contributed by atoms with Crippen LogP contribution in [0.25, 0.3) is 11.0 Å². The van der Waals surface area contributed by atoms with Crippen LogP contribution < -0.4 is 14.8 Å². The number of hydrogen-bond donors (Lipinski definition) is 1. The normalized spacial score (nSPS) is 11.0. The predicted octanol–water partition coefficient (Wildman–Crippen LogP) is 5.88. The maximum Gasteiger partial charge on any atom is 0.255 e. The number of nitrogens with zero attached hydrogens (tertiary/aromatic N) is 2. The van der Waals surface area contributed by atoms with E-state index in [1.807, 2.05) is 30.3 Å². The lowest BCUT2D eigenvalue weighted by molar-refractivity contribution is 0.0950. The molecule has 0 spiro atoms. The molecular formula is C30H35N3O3. The molecule has 6 heteroatoms. The van der Waals surface area contributed by atoms with Crippen LogP contribution in [0.1, 0.15) is 46.6 Å². The Balaban J connectivity index is 1.31. The van der Waals surface area contributed by atoms with Crippen molar-refractivity contribution in [2.24, 2.45) is 0 Å². The first-order valence-electron chi connectivity index (χ1n) is 12.6. The van der Waals surface area contributed by atoms with Crippen LogP contribution >= 0.6 is 0 Å². The molecule has 188 valence electrons. The molecule has 1 aromatic heterocycles. The number of para-hydroxylation sites is 3. The summed E-state index contributed by atoms with van der Waals surface area (Å²) in [5, 5.41) is 3.01. The molecule has 0 aliphatic rings. The van der Waals surface area contributed by atoms with Crippen molar-refractivity contribution in [3.05, 3.63) is 89.2 Å². The fourth-order valence-electron chi connectivity index (χ4n) is 4.38. The van der Waals surface area contributed by atoms with Gasteiger partial charge >= 0.3 is 0 Å². The van der Waals surface area contributed by atoms with Gasteiger partial charge in [0.1, 0.15) is 17.3 Å². The average molecular weight is 486 g/mol. The molecule has 6 nitrogen and oxygen atoms in total. The Hall–Kier alpha value is -3.80. The number of carbonyl (C=O) groups is 1. The first-order valence-corrected chi connectivity index (χ1v) is 12.6. The zero-order valence-corrected chi connectivity index (χ0v) is 21.4. The largest absolute Gasteiger partial charge is 0.496 e. The second-order valence-electron chi connectivity index (χ2n) is 8.98. The maximum absolute atomic E-state index is 12.6. The Bertz CT molecular complexity index is 1310. The van der Waals surface area contributed by atoms with E-state index < -0.39 is 0 Å². The minimum atomic E-state index is -0.121. The molecule has 36 heavy (non-hydrogen) atoms. The molecule has 0 atom stereocenters. The van der Waals surface area contributed by atoms with E-state index in [0.717, 1.165) is 54.8 Å². The quantitative estimate of drug-likeness (QED) is 0.254. The highest BCUT2D eigenvalue weighted by molar-refractivity contribution is 5.96. The van der Waals surface area contributed by atoms with E-state index in [0.29, 0.717) is 24.5 Å². The highest BCUT2D eigenvalue weighted by Gasteiger charge is 2.13. The van der Waals surface area contributed by atoms with Crippen LogP contribution in [0.4, 0.5) is 0 Å². The summed E-state index contributed by atoms with van der Waals surface area (Å²) in [6.07, 6.45) is 3.57. The van der Waals surface area contributed by atoms with Gasteiger partial charge in [-0.2, -0.15) is 0 Å². The first kappa shape index (κ1) is 25.3. The molecule has 0 saturated heterocycles. The zero-order valence-electron chi connectivity index (χ0n) is 21.4. The predicted molar refractivity (Wildman–Crippen MR) is 144 cm³/mol. The third-order valence-corrected chi connectivity index (χ3v) is 6.54. The number of rotatable bonds is 12. The monoisotopic (exact) mass is 485 g/mol. The average Bonchev–Trinajstić information content (AvgIpc) is 3.25. The highest BCUT2D eigenvalue weighted by atomic mass is 16.5. The van der Waals surface area contributed by atoms with Crippen molar-refractivity contribution in [2.75, 3.05) is 20.3 Å². The van der Waals surface area contributed by atoms with Gasteiger partial charge in [-0.05, 0) is 74.6 Å². The summed E-state index contributed by atoms with van der Waals surface area (Å²) in [4.78, 5) is 17.4. The number of carbonyl (C=O) groups excluding carboxylic acids is 1. The Morgan fingerprint density at radius 1 is 0.917 bits per heavy atom. The van der Waals surface area contributed by atoms with Crippen LogP contribution in [0.2, 0.25) is 0 Å². The number of ether oxygens (including phenoxy) is 2. The topological polar surface area (TPSA) is 65.4 Å². The van der Waals surface area contributed by atoms with E-state index in [-0.39, 0.29) is 5.91 Å². The molecule has 4 rings (SSSR count). The molecule has 0 radical (unpaired) electrons. The molecule has 0 aliphatic carbocycles. The zero-order chi connectivity index (χ0) is 25.3. The lowest BCUT2D eigenvalue weighted by atomic mass is 10.1. The van der Waals surface area contributed by atoms with Gasteiger partial charge in [-0.1, -0.05) is 36.4 Å². The number of fused-ring (bicyclic) bond motifs is 1. The third-order valence-electron chi connectivity index (χ3n) is 6.54. The Morgan fingerprint density at radius 2 is 1.69 bits per heavy atom. The Kier molecular flexibility index (Phi) is 8.61. The van der Waals surface area contributed by atoms with Gasteiger partial charge in [-0.15, -0.1) is 0 Å². The van der Waals surface area contributed by atoms with Crippen molar-refractivity contribution in [1.29, 1.82) is 0 Å². The number of aromatic nitrogens is 2. The number of nitrogens with one attached hydrogen (secondary N) is 1. The minimum absolute atomic E-state index is 0.121. The van der Waals surface area contributed by atoms with Gasteiger partial charge in [0.25, 0.3) is 5.91 Å². The molecule has 3 aromatic carbocycles. The number of aryl methyl sites for hydroxylation is 3. The first-order chi connectivity index (χ1) is 17.6. The fourth-order valence-corrected chi connectivity index (χ4v) is 4.38. The number of amides is 1. The van der Waals surface area contributed by atoms with Crippen molar-refractivity contribution in [2.45, 2.75) is 46.1 Å². The van der Waals surface area contributed by atoms with Crippen LogP contribution in [0, 0.1) is 13.8 Å². The minimum Gasteiger partial charge on any atom is -0.496 e. The van der Waals surface area contributed by atoms with E-state index in [2.05, 4.69) is 48.0 Å².